The third kappa shape index (κ3) is 5.46. The van der Waals surface area contributed by atoms with Gasteiger partial charge < -0.3 is 10.4 Å². The Kier molecular flexibility index (Phi) is 7.87. The Balaban J connectivity index is 1.87. The molecule has 0 bridgehead atoms. The number of sulfonamides is 1. The molecule has 6 nitrogen and oxygen atoms in total. The van der Waals surface area contributed by atoms with Gasteiger partial charge in [-0.05, 0) is 61.6 Å². The van der Waals surface area contributed by atoms with Gasteiger partial charge >= 0.3 is 0 Å². The van der Waals surface area contributed by atoms with Crippen LogP contribution in [0.15, 0.2) is 41.3 Å². The zero-order chi connectivity index (χ0) is 23.5. The highest BCUT2D eigenvalue weighted by Crippen LogP contribution is 2.28. The minimum atomic E-state index is -4.24. The minimum absolute atomic E-state index is 0.0783. The van der Waals surface area contributed by atoms with Crippen molar-refractivity contribution in [3.8, 4) is 0 Å². The molecule has 0 aliphatic carbocycles. The lowest BCUT2D eigenvalue weighted by molar-refractivity contribution is 0.0919. The number of nitrogens with zero attached hydrogens (tertiary/aromatic N) is 1. The van der Waals surface area contributed by atoms with Gasteiger partial charge in [0, 0.05) is 24.3 Å². The fourth-order valence-corrected chi connectivity index (χ4v) is 5.57. The van der Waals surface area contributed by atoms with Gasteiger partial charge in [-0.1, -0.05) is 24.9 Å². The number of anilines is 1. The van der Waals surface area contributed by atoms with Crippen molar-refractivity contribution in [3.63, 3.8) is 0 Å². The third-order valence-corrected chi connectivity index (χ3v) is 7.79. The standard InChI is InChI=1S/C22H25ClF2N2O4S/c1-2-20(28)15-5-3-4-10-27(13-15)32(30,31)21-11-14(6-8-19(21)25)22(29)26-16-7-9-18(24)17(23)12-16/h6-9,11-12,15,20,28H,2-5,10,13H2,1H3,(H,26,29). The van der Waals surface area contributed by atoms with E-state index in [1.54, 1.807) is 0 Å². The summed E-state index contributed by atoms with van der Waals surface area (Å²) in [6.07, 6.45) is 1.90. The molecule has 10 heteroatoms. The molecule has 0 spiro atoms. The van der Waals surface area contributed by atoms with Crippen molar-refractivity contribution in [2.75, 3.05) is 18.4 Å². The fraction of sp³-hybridized carbons (Fsp3) is 0.409. The fourth-order valence-electron chi connectivity index (χ4n) is 3.76. The molecule has 174 valence electrons. The van der Waals surface area contributed by atoms with Crippen LogP contribution in [-0.2, 0) is 10.0 Å². The van der Waals surface area contributed by atoms with Crippen LogP contribution in [0.5, 0.6) is 0 Å². The first-order valence-electron chi connectivity index (χ1n) is 10.4. The molecule has 2 aromatic rings. The van der Waals surface area contributed by atoms with Crippen LogP contribution >= 0.6 is 11.6 Å². The Morgan fingerprint density at radius 1 is 1.22 bits per heavy atom. The van der Waals surface area contributed by atoms with E-state index in [-0.39, 0.29) is 35.3 Å². The molecule has 1 saturated heterocycles. The van der Waals surface area contributed by atoms with Crippen molar-refractivity contribution in [2.24, 2.45) is 5.92 Å². The van der Waals surface area contributed by atoms with Gasteiger partial charge in [-0.25, -0.2) is 17.2 Å². The average Bonchev–Trinajstić information content (AvgIpc) is 3.03. The maximum Gasteiger partial charge on any atom is 0.255 e. The van der Waals surface area contributed by atoms with Crippen LogP contribution in [0.1, 0.15) is 43.0 Å². The van der Waals surface area contributed by atoms with E-state index in [0.29, 0.717) is 19.3 Å². The molecule has 2 unspecified atom stereocenters. The molecular weight excluding hydrogens is 462 g/mol. The molecule has 2 aromatic carbocycles. The Bertz CT molecular complexity index is 1100. The first-order chi connectivity index (χ1) is 15.1. The summed E-state index contributed by atoms with van der Waals surface area (Å²) >= 11 is 5.71. The molecular formula is C22H25ClF2N2O4S. The van der Waals surface area contributed by atoms with Crippen molar-refractivity contribution in [1.29, 1.82) is 0 Å². The molecule has 2 atom stereocenters. The summed E-state index contributed by atoms with van der Waals surface area (Å²) in [5.41, 5.74) is 0.129. The number of hydrogen-bond donors (Lipinski definition) is 2. The van der Waals surface area contributed by atoms with Gasteiger partial charge in [0.05, 0.1) is 11.1 Å². The molecule has 1 aliphatic rings. The van der Waals surface area contributed by atoms with Crippen LogP contribution in [0, 0.1) is 17.6 Å². The first-order valence-corrected chi connectivity index (χ1v) is 12.2. The largest absolute Gasteiger partial charge is 0.393 e. The van der Waals surface area contributed by atoms with E-state index in [4.69, 9.17) is 11.6 Å². The monoisotopic (exact) mass is 486 g/mol. The Morgan fingerprint density at radius 3 is 2.62 bits per heavy atom. The van der Waals surface area contributed by atoms with E-state index in [1.807, 2.05) is 6.92 Å². The maximum absolute atomic E-state index is 14.6. The summed E-state index contributed by atoms with van der Waals surface area (Å²) in [5.74, 6) is -2.55. The number of hydrogen-bond acceptors (Lipinski definition) is 4. The lowest BCUT2D eigenvalue weighted by Gasteiger charge is -2.26. The normalized spacial score (nSPS) is 18.7. The number of benzene rings is 2. The number of rotatable bonds is 6. The lowest BCUT2D eigenvalue weighted by Crippen LogP contribution is -2.38. The van der Waals surface area contributed by atoms with Crippen molar-refractivity contribution in [1.82, 2.24) is 4.31 Å². The summed E-state index contributed by atoms with van der Waals surface area (Å²) in [6.45, 7) is 2.12. The van der Waals surface area contributed by atoms with Gasteiger partial charge in [0.25, 0.3) is 5.91 Å². The molecule has 1 heterocycles. The third-order valence-electron chi connectivity index (χ3n) is 5.62. The van der Waals surface area contributed by atoms with E-state index in [9.17, 15) is 27.1 Å². The molecule has 2 N–H and O–H groups in total. The summed E-state index contributed by atoms with van der Waals surface area (Å²) in [7, 11) is -4.24. The Morgan fingerprint density at radius 2 is 1.94 bits per heavy atom. The number of nitrogens with one attached hydrogen (secondary N) is 1. The van der Waals surface area contributed by atoms with Gasteiger partial charge in [0.1, 0.15) is 16.5 Å². The zero-order valence-electron chi connectivity index (χ0n) is 17.5. The number of aliphatic hydroxyl groups excluding tert-OH is 1. The van der Waals surface area contributed by atoms with Crippen LogP contribution in [0.3, 0.4) is 0 Å². The Hall–Kier alpha value is -2.07. The van der Waals surface area contributed by atoms with Gasteiger partial charge in [-0.15, -0.1) is 0 Å². The van der Waals surface area contributed by atoms with Crippen LogP contribution in [0.25, 0.3) is 0 Å². The van der Waals surface area contributed by atoms with E-state index < -0.39 is 38.6 Å². The molecule has 0 aromatic heterocycles. The number of amides is 1. The first kappa shape index (κ1) is 24.6. The maximum atomic E-state index is 14.6. The van der Waals surface area contributed by atoms with Crippen molar-refractivity contribution in [3.05, 3.63) is 58.6 Å². The van der Waals surface area contributed by atoms with Crippen LogP contribution in [0.2, 0.25) is 5.02 Å². The van der Waals surface area contributed by atoms with Crippen LogP contribution in [0.4, 0.5) is 14.5 Å². The second kappa shape index (κ2) is 10.2. The Labute approximate surface area is 191 Å². The zero-order valence-corrected chi connectivity index (χ0v) is 19.1. The molecule has 32 heavy (non-hydrogen) atoms. The highest BCUT2D eigenvalue weighted by molar-refractivity contribution is 7.89. The number of carbonyl (C=O) groups excluding carboxylic acids is 1. The molecule has 1 amide bonds. The summed E-state index contributed by atoms with van der Waals surface area (Å²) in [6, 6.07) is 6.68. The predicted octanol–water partition coefficient (Wildman–Crippen LogP) is 4.43. The molecule has 3 rings (SSSR count). The molecule has 0 saturated carbocycles. The number of carbonyl (C=O) groups is 1. The smallest absolute Gasteiger partial charge is 0.255 e. The van der Waals surface area contributed by atoms with Gasteiger partial charge in [0.15, 0.2) is 0 Å². The average molecular weight is 487 g/mol. The summed E-state index contributed by atoms with van der Waals surface area (Å²) in [5, 5.41) is 12.5. The summed E-state index contributed by atoms with van der Waals surface area (Å²) < 4.78 is 55.6. The molecule has 1 aliphatic heterocycles. The summed E-state index contributed by atoms with van der Waals surface area (Å²) in [4.78, 5) is 12.0. The van der Waals surface area contributed by atoms with Gasteiger partial charge in [-0.2, -0.15) is 4.31 Å². The topological polar surface area (TPSA) is 86.7 Å². The van der Waals surface area contributed by atoms with Crippen LogP contribution < -0.4 is 5.32 Å². The van der Waals surface area contributed by atoms with Crippen molar-refractivity contribution in [2.45, 2.75) is 43.6 Å². The quantitative estimate of drug-likeness (QED) is 0.632. The van der Waals surface area contributed by atoms with E-state index >= 15 is 0 Å². The highest BCUT2D eigenvalue weighted by Gasteiger charge is 2.33. The second-order valence-electron chi connectivity index (χ2n) is 7.82. The van der Waals surface area contributed by atoms with Crippen molar-refractivity contribution >= 4 is 33.2 Å². The second-order valence-corrected chi connectivity index (χ2v) is 10.1. The number of halogens is 3. The van der Waals surface area contributed by atoms with Crippen LogP contribution in [-0.4, -0.2) is 42.9 Å². The molecule has 1 fully saturated rings. The highest BCUT2D eigenvalue weighted by atomic mass is 35.5. The SMILES string of the molecule is CCC(O)C1CCCCN(S(=O)(=O)c2cc(C(=O)Nc3ccc(F)c(Cl)c3)ccc2F)C1. The molecule has 0 radical (unpaired) electrons. The van der Waals surface area contributed by atoms with E-state index in [2.05, 4.69) is 5.32 Å². The predicted molar refractivity (Wildman–Crippen MR) is 118 cm³/mol. The van der Waals surface area contributed by atoms with E-state index in [0.717, 1.165) is 24.6 Å². The van der Waals surface area contributed by atoms with Gasteiger partial charge in [-0.3, -0.25) is 4.79 Å². The van der Waals surface area contributed by atoms with Gasteiger partial charge in [0.2, 0.25) is 10.0 Å². The lowest BCUT2D eigenvalue weighted by atomic mass is 9.95. The minimum Gasteiger partial charge on any atom is -0.393 e. The van der Waals surface area contributed by atoms with E-state index in [1.165, 1.54) is 22.5 Å². The van der Waals surface area contributed by atoms with Crippen molar-refractivity contribution < 1.29 is 27.1 Å². The number of aliphatic hydroxyl groups is 1.